The Morgan fingerprint density at radius 1 is 1.17 bits per heavy atom. The van der Waals surface area contributed by atoms with Gasteiger partial charge in [-0.3, -0.25) is 9.79 Å². The quantitative estimate of drug-likeness (QED) is 0.239. The molecule has 1 saturated heterocycles. The lowest BCUT2D eigenvalue weighted by Gasteiger charge is -2.35. The van der Waals surface area contributed by atoms with Crippen molar-refractivity contribution in [2.45, 2.75) is 52.7 Å². The van der Waals surface area contributed by atoms with Crippen LogP contribution in [0.5, 0.6) is 0 Å². The number of guanidine groups is 1. The van der Waals surface area contributed by atoms with E-state index in [-0.39, 0.29) is 54.4 Å². The molecule has 1 amide bonds. The summed E-state index contributed by atoms with van der Waals surface area (Å²) in [5, 5.41) is 6.12. The standard InChI is InChI=1S/C18H37N5O4S.HI/c1-6-16(4)21-17(24)7-8-20-18(19-5)22-9-11-23(12-10-22)28(25,26)14-13-27-15(2)3;/h15-16H,6-14H2,1-5H3,(H,19,20)(H,21,24);1H. The molecule has 9 nitrogen and oxygen atoms in total. The van der Waals surface area contributed by atoms with Crippen molar-refractivity contribution >= 4 is 45.9 Å². The summed E-state index contributed by atoms with van der Waals surface area (Å²) in [5.74, 6) is 0.706. The molecule has 0 saturated carbocycles. The highest BCUT2D eigenvalue weighted by atomic mass is 127. The van der Waals surface area contributed by atoms with Crippen LogP contribution in [0.4, 0.5) is 0 Å². The molecule has 0 spiro atoms. The van der Waals surface area contributed by atoms with Gasteiger partial charge >= 0.3 is 0 Å². The van der Waals surface area contributed by atoms with Crippen LogP contribution in [-0.2, 0) is 19.6 Å². The van der Waals surface area contributed by atoms with E-state index in [1.54, 1.807) is 7.05 Å². The van der Waals surface area contributed by atoms with Gasteiger partial charge in [0.05, 0.1) is 18.5 Å². The number of piperazine rings is 1. The monoisotopic (exact) mass is 547 g/mol. The Morgan fingerprint density at radius 2 is 1.79 bits per heavy atom. The van der Waals surface area contributed by atoms with Gasteiger partial charge in [0.15, 0.2) is 5.96 Å². The first-order chi connectivity index (χ1) is 13.2. The van der Waals surface area contributed by atoms with Crippen LogP contribution < -0.4 is 10.6 Å². The van der Waals surface area contributed by atoms with Crippen LogP contribution in [-0.4, -0.2) is 93.8 Å². The van der Waals surface area contributed by atoms with Crippen molar-refractivity contribution in [2.24, 2.45) is 4.99 Å². The molecule has 1 aliphatic rings. The highest BCUT2D eigenvalue weighted by Crippen LogP contribution is 2.09. The fourth-order valence-corrected chi connectivity index (χ4v) is 4.05. The fraction of sp³-hybridized carbons (Fsp3) is 0.889. The Hall–Kier alpha value is -0.660. The molecule has 0 aromatic rings. The number of carbonyl (C=O) groups is 1. The van der Waals surface area contributed by atoms with Crippen LogP contribution in [0.3, 0.4) is 0 Å². The number of hydrogen-bond acceptors (Lipinski definition) is 5. The van der Waals surface area contributed by atoms with E-state index in [2.05, 4.69) is 15.6 Å². The maximum Gasteiger partial charge on any atom is 0.221 e. The molecule has 1 fully saturated rings. The summed E-state index contributed by atoms with van der Waals surface area (Å²) in [6, 6.07) is 0.174. The van der Waals surface area contributed by atoms with Crippen molar-refractivity contribution in [1.82, 2.24) is 19.8 Å². The number of halogens is 1. The number of carbonyl (C=O) groups excluding carboxylic acids is 1. The molecule has 0 aromatic heterocycles. The first kappa shape index (κ1) is 28.3. The molecule has 1 unspecified atom stereocenters. The highest BCUT2D eigenvalue weighted by molar-refractivity contribution is 14.0. The molecular weight excluding hydrogens is 509 g/mol. The second-order valence-electron chi connectivity index (χ2n) is 7.22. The van der Waals surface area contributed by atoms with Crippen LogP contribution >= 0.6 is 24.0 Å². The molecule has 11 heteroatoms. The van der Waals surface area contributed by atoms with Crippen molar-refractivity contribution in [3.05, 3.63) is 0 Å². The van der Waals surface area contributed by atoms with E-state index < -0.39 is 10.0 Å². The number of ether oxygens (including phenoxy) is 1. The zero-order valence-electron chi connectivity index (χ0n) is 18.3. The van der Waals surface area contributed by atoms with Gasteiger partial charge in [-0.1, -0.05) is 6.92 Å². The lowest BCUT2D eigenvalue weighted by Crippen LogP contribution is -2.54. The smallest absolute Gasteiger partial charge is 0.221 e. The summed E-state index contributed by atoms with van der Waals surface area (Å²) in [7, 11) is -1.62. The van der Waals surface area contributed by atoms with Crippen LogP contribution in [0.1, 0.15) is 40.5 Å². The third kappa shape index (κ3) is 10.8. The van der Waals surface area contributed by atoms with Crippen LogP contribution in [0, 0.1) is 0 Å². The highest BCUT2D eigenvalue weighted by Gasteiger charge is 2.28. The SMILES string of the molecule is CCC(C)NC(=O)CCNC(=NC)N1CCN(S(=O)(=O)CCOC(C)C)CC1.I. The third-order valence-electron chi connectivity index (χ3n) is 4.59. The van der Waals surface area contributed by atoms with Crippen molar-refractivity contribution in [2.75, 3.05) is 52.1 Å². The third-order valence-corrected chi connectivity index (χ3v) is 6.43. The Morgan fingerprint density at radius 3 is 2.31 bits per heavy atom. The van der Waals surface area contributed by atoms with Gasteiger partial charge in [-0.25, -0.2) is 8.42 Å². The molecule has 29 heavy (non-hydrogen) atoms. The number of nitrogens with one attached hydrogen (secondary N) is 2. The Bertz CT molecular complexity index is 607. The van der Waals surface area contributed by atoms with Crippen molar-refractivity contribution in [3.63, 3.8) is 0 Å². The van der Waals surface area contributed by atoms with Gasteiger partial charge in [0.25, 0.3) is 0 Å². The largest absolute Gasteiger partial charge is 0.378 e. The Labute approximate surface area is 193 Å². The number of sulfonamides is 1. The molecule has 1 aliphatic heterocycles. The molecule has 0 bridgehead atoms. The minimum Gasteiger partial charge on any atom is -0.378 e. The normalized spacial score (nSPS) is 17.0. The first-order valence-electron chi connectivity index (χ1n) is 10.0. The van der Waals surface area contributed by atoms with Gasteiger partial charge in [-0.05, 0) is 27.2 Å². The average molecular weight is 548 g/mol. The number of amides is 1. The molecule has 0 aromatic carbocycles. The minimum atomic E-state index is -3.31. The Kier molecular flexibility index (Phi) is 14.0. The molecule has 0 radical (unpaired) electrons. The zero-order chi connectivity index (χ0) is 21.2. The van der Waals surface area contributed by atoms with Crippen LogP contribution in [0.15, 0.2) is 4.99 Å². The van der Waals surface area contributed by atoms with E-state index in [1.807, 2.05) is 32.6 Å². The Balaban J connectivity index is 0.00000784. The van der Waals surface area contributed by atoms with E-state index >= 15 is 0 Å². The van der Waals surface area contributed by atoms with Gasteiger partial charge < -0.3 is 20.3 Å². The van der Waals surface area contributed by atoms with E-state index in [0.717, 1.165) is 6.42 Å². The molecule has 0 aliphatic carbocycles. The summed E-state index contributed by atoms with van der Waals surface area (Å²) >= 11 is 0. The molecule has 1 atom stereocenters. The van der Waals surface area contributed by atoms with E-state index in [0.29, 0.717) is 45.1 Å². The lowest BCUT2D eigenvalue weighted by atomic mass is 10.2. The molecule has 172 valence electrons. The van der Waals surface area contributed by atoms with Gasteiger partial charge in [0.1, 0.15) is 0 Å². The molecule has 1 rings (SSSR count). The van der Waals surface area contributed by atoms with Crippen molar-refractivity contribution in [3.8, 4) is 0 Å². The van der Waals surface area contributed by atoms with Gasteiger partial charge in [0.2, 0.25) is 15.9 Å². The maximum absolute atomic E-state index is 12.4. The van der Waals surface area contributed by atoms with E-state index in [4.69, 9.17) is 4.74 Å². The lowest BCUT2D eigenvalue weighted by molar-refractivity contribution is -0.121. The second-order valence-corrected chi connectivity index (χ2v) is 9.31. The van der Waals surface area contributed by atoms with E-state index in [9.17, 15) is 13.2 Å². The molecular formula is C18H38IN5O4S. The predicted octanol–water partition coefficient (Wildman–Crippen LogP) is 0.857. The zero-order valence-corrected chi connectivity index (χ0v) is 21.5. The van der Waals surface area contributed by atoms with E-state index in [1.165, 1.54) is 4.31 Å². The number of aliphatic imine (C=N–C) groups is 1. The summed E-state index contributed by atoms with van der Waals surface area (Å²) in [5.41, 5.74) is 0. The summed E-state index contributed by atoms with van der Waals surface area (Å²) in [6.07, 6.45) is 1.29. The average Bonchev–Trinajstić information content (AvgIpc) is 2.64. The van der Waals surface area contributed by atoms with Crippen molar-refractivity contribution in [1.29, 1.82) is 0 Å². The second kappa shape index (κ2) is 14.4. The number of hydrogen-bond donors (Lipinski definition) is 2. The topological polar surface area (TPSA) is 103 Å². The molecule has 2 N–H and O–H groups in total. The number of nitrogens with zero attached hydrogens (tertiary/aromatic N) is 3. The van der Waals surface area contributed by atoms with Crippen LogP contribution in [0.25, 0.3) is 0 Å². The predicted molar refractivity (Wildman–Crippen MR) is 127 cm³/mol. The minimum absolute atomic E-state index is 0. The van der Waals surface area contributed by atoms with Crippen LogP contribution in [0.2, 0.25) is 0 Å². The number of rotatable bonds is 10. The molecule has 1 heterocycles. The fourth-order valence-electron chi connectivity index (χ4n) is 2.77. The summed E-state index contributed by atoms with van der Waals surface area (Å²) in [6.45, 7) is 10.4. The van der Waals surface area contributed by atoms with Gasteiger partial charge in [-0.2, -0.15) is 4.31 Å². The summed E-state index contributed by atoms with van der Waals surface area (Å²) in [4.78, 5) is 18.1. The first-order valence-corrected chi connectivity index (χ1v) is 11.6. The van der Waals surface area contributed by atoms with Gasteiger partial charge in [0, 0.05) is 52.2 Å². The van der Waals surface area contributed by atoms with Gasteiger partial charge in [-0.15, -0.1) is 24.0 Å². The maximum atomic E-state index is 12.4. The van der Waals surface area contributed by atoms with Crippen molar-refractivity contribution < 1.29 is 17.9 Å². The summed E-state index contributed by atoms with van der Waals surface area (Å²) < 4.78 is 31.7.